The van der Waals surface area contributed by atoms with Gasteiger partial charge in [0.05, 0.1) is 17.3 Å². The number of pyridine rings is 1. The highest BCUT2D eigenvalue weighted by Gasteiger charge is 2.30. The first-order valence-electron chi connectivity index (χ1n) is 6.61. The second-order valence-corrected chi connectivity index (χ2v) is 4.96. The molecule has 0 unspecified atom stereocenters. The molecule has 0 aliphatic carbocycles. The van der Waals surface area contributed by atoms with Crippen LogP contribution in [0.3, 0.4) is 0 Å². The van der Waals surface area contributed by atoms with Gasteiger partial charge in [-0.2, -0.15) is 18.3 Å². The summed E-state index contributed by atoms with van der Waals surface area (Å²) < 4.78 is 39.9. The Morgan fingerprint density at radius 3 is 2.73 bits per heavy atom. The van der Waals surface area contributed by atoms with Crippen molar-refractivity contribution < 1.29 is 13.2 Å². The molecule has 22 heavy (non-hydrogen) atoms. The Labute approximate surface area is 124 Å². The van der Waals surface area contributed by atoms with E-state index < -0.39 is 11.7 Å². The number of rotatable bonds is 3. The third-order valence-electron chi connectivity index (χ3n) is 3.31. The van der Waals surface area contributed by atoms with Gasteiger partial charge in [-0.25, -0.2) is 0 Å². The maximum Gasteiger partial charge on any atom is 0.416 e. The fourth-order valence-electron chi connectivity index (χ4n) is 2.24. The molecule has 7 heteroatoms. The van der Waals surface area contributed by atoms with E-state index in [-0.39, 0.29) is 0 Å². The topological polar surface area (TPSA) is 42.7 Å². The first-order chi connectivity index (χ1) is 10.4. The van der Waals surface area contributed by atoms with Gasteiger partial charge >= 0.3 is 6.18 Å². The summed E-state index contributed by atoms with van der Waals surface area (Å²) in [6.45, 7) is 0.536. The highest BCUT2D eigenvalue weighted by Crippen LogP contribution is 2.32. The molecule has 0 aliphatic heterocycles. The lowest BCUT2D eigenvalue weighted by atomic mass is 10.1. The predicted octanol–water partition coefficient (Wildman–Crippen LogP) is 3.60. The molecule has 0 saturated carbocycles. The zero-order valence-electron chi connectivity index (χ0n) is 11.7. The highest BCUT2D eigenvalue weighted by atomic mass is 19.4. The van der Waals surface area contributed by atoms with Crippen molar-refractivity contribution >= 4 is 16.6 Å². The van der Waals surface area contributed by atoms with Gasteiger partial charge in [-0.05, 0) is 18.2 Å². The Bertz CT molecular complexity index is 808. The molecule has 1 aromatic carbocycles. The monoisotopic (exact) mass is 306 g/mol. The molecule has 2 aromatic heterocycles. The van der Waals surface area contributed by atoms with E-state index in [1.54, 1.807) is 16.9 Å². The molecule has 3 aromatic rings. The first kappa shape index (κ1) is 14.4. The van der Waals surface area contributed by atoms with Crippen LogP contribution in [0.1, 0.15) is 11.1 Å². The minimum atomic E-state index is -4.37. The Hall–Kier alpha value is -2.57. The summed E-state index contributed by atoms with van der Waals surface area (Å²) in [6, 6.07) is 5.31. The van der Waals surface area contributed by atoms with Gasteiger partial charge in [0.2, 0.25) is 0 Å². The molecule has 0 fully saturated rings. The normalized spacial score (nSPS) is 11.8. The van der Waals surface area contributed by atoms with Crippen molar-refractivity contribution in [2.75, 3.05) is 5.32 Å². The van der Waals surface area contributed by atoms with Gasteiger partial charge in [-0.1, -0.05) is 6.07 Å². The lowest BCUT2D eigenvalue weighted by Crippen LogP contribution is -2.05. The molecule has 0 spiro atoms. The van der Waals surface area contributed by atoms with Crippen LogP contribution in [-0.4, -0.2) is 14.8 Å². The smallest absolute Gasteiger partial charge is 0.380 e. The van der Waals surface area contributed by atoms with Gasteiger partial charge in [0.15, 0.2) is 0 Å². The van der Waals surface area contributed by atoms with Crippen molar-refractivity contribution in [2.24, 2.45) is 7.05 Å². The van der Waals surface area contributed by atoms with Crippen LogP contribution in [0.15, 0.2) is 42.9 Å². The minimum Gasteiger partial charge on any atom is -0.380 e. The first-order valence-corrected chi connectivity index (χ1v) is 6.61. The third-order valence-corrected chi connectivity index (χ3v) is 3.31. The van der Waals surface area contributed by atoms with Crippen molar-refractivity contribution in [3.8, 4) is 0 Å². The van der Waals surface area contributed by atoms with Gasteiger partial charge in [0.1, 0.15) is 0 Å². The van der Waals surface area contributed by atoms with E-state index in [2.05, 4.69) is 15.4 Å². The zero-order valence-corrected chi connectivity index (χ0v) is 11.7. The van der Waals surface area contributed by atoms with Crippen molar-refractivity contribution in [2.45, 2.75) is 12.7 Å². The number of fused-ring (bicyclic) bond motifs is 1. The summed E-state index contributed by atoms with van der Waals surface area (Å²) in [5, 5.41) is 7.92. The van der Waals surface area contributed by atoms with E-state index in [4.69, 9.17) is 0 Å². The molecule has 0 atom stereocenters. The second-order valence-electron chi connectivity index (χ2n) is 4.96. The number of hydrogen-bond donors (Lipinski definition) is 1. The number of anilines is 1. The van der Waals surface area contributed by atoms with Crippen molar-refractivity contribution in [3.63, 3.8) is 0 Å². The number of nitrogens with zero attached hydrogens (tertiary/aromatic N) is 3. The van der Waals surface area contributed by atoms with E-state index >= 15 is 0 Å². The van der Waals surface area contributed by atoms with Crippen LogP contribution in [0.2, 0.25) is 0 Å². The molecule has 0 bridgehead atoms. The Morgan fingerprint density at radius 1 is 1.23 bits per heavy atom. The van der Waals surface area contributed by atoms with Gasteiger partial charge in [0.25, 0.3) is 0 Å². The number of aromatic nitrogens is 3. The van der Waals surface area contributed by atoms with E-state index in [1.165, 1.54) is 12.3 Å². The van der Waals surface area contributed by atoms with Crippen molar-refractivity contribution in [1.29, 1.82) is 0 Å². The zero-order chi connectivity index (χ0) is 15.7. The van der Waals surface area contributed by atoms with E-state index in [0.717, 1.165) is 23.4 Å². The molecule has 4 nitrogen and oxygen atoms in total. The molecular weight excluding hydrogens is 293 g/mol. The quantitative estimate of drug-likeness (QED) is 0.804. The Balaban J connectivity index is 1.90. The summed E-state index contributed by atoms with van der Waals surface area (Å²) >= 11 is 0. The number of halogens is 3. The fourth-order valence-corrected chi connectivity index (χ4v) is 2.24. The van der Waals surface area contributed by atoms with Crippen molar-refractivity contribution in [1.82, 2.24) is 14.8 Å². The number of hydrogen-bond acceptors (Lipinski definition) is 3. The van der Waals surface area contributed by atoms with E-state index in [9.17, 15) is 13.2 Å². The molecular formula is C15H13F3N4. The van der Waals surface area contributed by atoms with Crippen LogP contribution in [0.5, 0.6) is 0 Å². The molecule has 2 heterocycles. The molecule has 0 amide bonds. The summed E-state index contributed by atoms with van der Waals surface area (Å²) in [5.41, 5.74) is 1.34. The Kier molecular flexibility index (Phi) is 3.48. The second kappa shape index (κ2) is 5.32. The number of benzene rings is 1. The average molecular weight is 306 g/mol. The Morgan fingerprint density at radius 2 is 2.05 bits per heavy atom. The summed E-state index contributed by atoms with van der Waals surface area (Å²) in [5.74, 6) is 0. The molecule has 0 aliphatic rings. The van der Waals surface area contributed by atoms with Gasteiger partial charge in [-0.15, -0.1) is 0 Å². The number of alkyl halides is 3. The molecule has 0 radical (unpaired) electrons. The predicted molar refractivity (Wildman–Crippen MR) is 77.3 cm³/mol. The van der Waals surface area contributed by atoms with Gasteiger partial charge in [-0.3, -0.25) is 9.67 Å². The van der Waals surface area contributed by atoms with Crippen LogP contribution < -0.4 is 5.32 Å². The van der Waals surface area contributed by atoms with Crippen LogP contribution in [0, 0.1) is 0 Å². The van der Waals surface area contributed by atoms with Crippen LogP contribution in [0.4, 0.5) is 18.9 Å². The summed E-state index contributed by atoms with van der Waals surface area (Å²) in [7, 11) is 1.82. The number of aryl methyl sites for hydroxylation is 1. The molecule has 0 saturated heterocycles. The highest BCUT2D eigenvalue weighted by molar-refractivity contribution is 5.91. The molecule has 3 rings (SSSR count). The maximum atomic E-state index is 12.7. The van der Waals surface area contributed by atoms with Crippen LogP contribution in [0.25, 0.3) is 10.9 Å². The standard InChI is InChI=1S/C15H13F3N4/c1-22-9-10(8-21-22)7-20-13-4-5-19-14-6-11(15(16,17)18)2-3-12(13)14/h2-6,8-9H,7H2,1H3,(H,19,20). The SMILES string of the molecule is Cn1cc(CNc2ccnc3cc(C(F)(F)F)ccc23)cn1. The van der Waals surface area contributed by atoms with Crippen LogP contribution in [-0.2, 0) is 19.8 Å². The van der Waals surface area contributed by atoms with Crippen LogP contribution >= 0.6 is 0 Å². The van der Waals surface area contributed by atoms with Crippen molar-refractivity contribution in [3.05, 3.63) is 54.0 Å². The lowest BCUT2D eigenvalue weighted by Gasteiger charge is -2.11. The fraction of sp³-hybridized carbons (Fsp3) is 0.200. The summed E-state index contributed by atoms with van der Waals surface area (Å²) in [6.07, 6.45) is 0.735. The third kappa shape index (κ3) is 2.88. The van der Waals surface area contributed by atoms with E-state index in [1.807, 2.05) is 13.2 Å². The lowest BCUT2D eigenvalue weighted by molar-refractivity contribution is -0.137. The average Bonchev–Trinajstić information content (AvgIpc) is 2.89. The maximum absolute atomic E-state index is 12.7. The number of nitrogens with one attached hydrogen (secondary N) is 1. The largest absolute Gasteiger partial charge is 0.416 e. The van der Waals surface area contributed by atoms with Gasteiger partial charge in [0, 0.05) is 42.6 Å². The molecule has 114 valence electrons. The van der Waals surface area contributed by atoms with E-state index in [0.29, 0.717) is 17.4 Å². The summed E-state index contributed by atoms with van der Waals surface area (Å²) in [4.78, 5) is 4.02. The van der Waals surface area contributed by atoms with Gasteiger partial charge < -0.3 is 5.32 Å². The minimum absolute atomic E-state index is 0.311. The molecule has 1 N–H and O–H groups in total.